The fraction of sp³-hybridized carbons (Fsp3) is 0.432. The van der Waals surface area contributed by atoms with Gasteiger partial charge in [-0.3, -0.25) is 0 Å². The van der Waals surface area contributed by atoms with Crippen molar-refractivity contribution >= 4 is 11.9 Å². The molecule has 228 valence electrons. The summed E-state index contributed by atoms with van der Waals surface area (Å²) in [5.41, 5.74) is 5.02. The van der Waals surface area contributed by atoms with Gasteiger partial charge in [-0.2, -0.15) is 5.26 Å². The third-order valence-electron chi connectivity index (χ3n) is 6.83. The molecule has 0 saturated heterocycles. The fourth-order valence-corrected chi connectivity index (χ4v) is 5.27. The first-order valence-electron chi connectivity index (χ1n) is 15.0. The Morgan fingerprint density at radius 2 is 1.88 bits per heavy atom. The first kappa shape index (κ1) is 37.1. The molecule has 2 rings (SSSR count). The van der Waals surface area contributed by atoms with Crippen LogP contribution < -0.4 is 5.32 Å². The summed E-state index contributed by atoms with van der Waals surface area (Å²) in [6.07, 6.45) is 16.9. The van der Waals surface area contributed by atoms with Crippen LogP contribution in [0.25, 0.3) is 0 Å². The highest BCUT2D eigenvalue weighted by Gasteiger charge is 2.19. The smallest absolute Gasteiger partial charge is 0.0800 e. The number of aliphatic hydroxyl groups excluding tert-OH is 1. The number of hydrogen-bond donors (Lipinski definition) is 2. The minimum atomic E-state index is -0.440. The maximum atomic E-state index is 10.6. The van der Waals surface area contributed by atoms with Crippen LogP contribution in [0.2, 0.25) is 0 Å². The molecule has 1 atom stereocenters. The van der Waals surface area contributed by atoms with Gasteiger partial charge in [-0.25, -0.2) is 4.31 Å². The van der Waals surface area contributed by atoms with E-state index >= 15 is 0 Å². The Morgan fingerprint density at radius 1 is 1.17 bits per heavy atom. The lowest BCUT2D eigenvalue weighted by molar-refractivity contribution is 0.140. The summed E-state index contributed by atoms with van der Waals surface area (Å²) >= 11 is 1.66. The van der Waals surface area contributed by atoms with E-state index in [9.17, 15) is 5.11 Å². The zero-order valence-electron chi connectivity index (χ0n) is 26.8. The number of allylic oxidation sites excluding steroid dienone is 7. The zero-order valence-corrected chi connectivity index (χ0v) is 27.6. The summed E-state index contributed by atoms with van der Waals surface area (Å²) in [6.45, 7) is 15.5. The van der Waals surface area contributed by atoms with Crippen molar-refractivity contribution in [2.45, 2.75) is 89.7 Å². The van der Waals surface area contributed by atoms with Crippen molar-refractivity contribution in [3.8, 4) is 6.07 Å². The van der Waals surface area contributed by atoms with Gasteiger partial charge in [0.2, 0.25) is 0 Å². The highest BCUT2D eigenvalue weighted by Crippen LogP contribution is 2.25. The molecule has 0 fully saturated rings. The van der Waals surface area contributed by atoms with Gasteiger partial charge in [-0.15, -0.1) is 0 Å². The van der Waals surface area contributed by atoms with Crippen LogP contribution in [-0.2, 0) is 12.8 Å². The van der Waals surface area contributed by atoms with Gasteiger partial charge in [0.05, 0.1) is 12.2 Å². The summed E-state index contributed by atoms with van der Waals surface area (Å²) in [5, 5.41) is 23.0. The summed E-state index contributed by atoms with van der Waals surface area (Å²) in [6, 6.07) is 19.3. The van der Waals surface area contributed by atoms with Crippen LogP contribution in [0, 0.1) is 18.3 Å². The molecular weight excluding hydrogens is 534 g/mol. The number of hydrogen-bond acceptors (Lipinski definition) is 5. The molecule has 0 aliphatic carbocycles. The topological polar surface area (TPSA) is 59.3 Å². The van der Waals surface area contributed by atoms with Crippen LogP contribution >= 0.6 is 11.9 Å². The van der Waals surface area contributed by atoms with E-state index in [-0.39, 0.29) is 5.54 Å². The average molecular weight is 588 g/mol. The average Bonchev–Trinajstić information content (AvgIpc) is 2.96. The second-order valence-electron chi connectivity index (χ2n) is 11.2. The first-order valence-corrected chi connectivity index (χ1v) is 15.8. The Hall–Kier alpha value is -2.88. The monoisotopic (exact) mass is 587 g/mol. The molecule has 2 N–H and O–H groups in total. The molecule has 4 nitrogen and oxygen atoms in total. The Kier molecular flexibility index (Phi) is 19.3. The number of aliphatic hydroxyl groups is 1. The van der Waals surface area contributed by atoms with Crippen molar-refractivity contribution in [2.24, 2.45) is 0 Å². The lowest BCUT2D eigenvalue weighted by Crippen LogP contribution is -2.45. The minimum absolute atomic E-state index is 0.0131. The molecule has 2 aromatic rings. The van der Waals surface area contributed by atoms with Crippen LogP contribution in [0.4, 0.5) is 0 Å². The van der Waals surface area contributed by atoms with Crippen LogP contribution in [0.15, 0.2) is 102 Å². The number of rotatable bonds is 17. The van der Waals surface area contributed by atoms with Gasteiger partial charge in [0.25, 0.3) is 0 Å². The quantitative estimate of drug-likeness (QED) is 0.110. The Morgan fingerprint density at radius 3 is 2.50 bits per heavy atom. The van der Waals surface area contributed by atoms with Crippen molar-refractivity contribution < 1.29 is 5.11 Å². The lowest BCUT2D eigenvalue weighted by Gasteiger charge is -2.29. The molecule has 5 heteroatoms. The molecule has 0 bridgehead atoms. The highest BCUT2D eigenvalue weighted by molar-refractivity contribution is 7.97. The molecule has 42 heavy (non-hydrogen) atoms. The lowest BCUT2D eigenvalue weighted by atomic mass is 9.95. The van der Waals surface area contributed by atoms with E-state index in [4.69, 9.17) is 5.26 Å². The van der Waals surface area contributed by atoms with Gasteiger partial charge in [0.15, 0.2) is 0 Å². The Balaban J connectivity index is 0.00000206. The SMILES string of the molecule is C/C=C\C.C=C/C=C(\C=C/Cc1ccc(SN(C)CC(O)CNC(C)(C)CCCc2ccccc2)cc1C)CCC#N. The number of β-amino-alcohol motifs (C(OH)–C–C–N with tert-alkyl or cyclic N) is 1. The van der Waals surface area contributed by atoms with E-state index in [1.54, 1.807) is 18.0 Å². The fourth-order valence-electron chi connectivity index (χ4n) is 4.31. The Labute approximate surface area is 261 Å². The predicted octanol–water partition coefficient (Wildman–Crippen LogP) is 8.78. The van der Waals surface area contributed by atoms with Crippen molar-refractivity contribution in [3.05, 3.63) is 114 Å². The van der Waals surface area contributed by atoms with E-state index in [0.717, 1.165) is 37.7 Å². The van der Waals surface area contributed by atoms with E-state index in [1.165, 1.54) is 21.6 Å². The predicted molar refractivity (Wildman–Crippen MR) is 184 cm³/mol. The summed E-state index contributed by atoms with van der Waals surface area (Å²) in [5.74, 6) is 0. The molecule has 0 aliphatic rings. The third kappa shape index (κ3) is 17.2. The number of benzene rings is 2. The number of nitrogens with zero attached hydrogens (tertiary/aromatic N) is 2. The maximum Gasteiger partial charge on any atom is 0.0800 e. The number of aryl methyl sites for hydroxylation is 2. The standard InChI is InChI=1S/C33H45N3OS.C4H8/c1-6-13-28(18-12-23-34)16-10-19-30-20-21-32(24-27(30)2)38-36(5)26-31(37)25-35-33(3,4)22-11-17-29-14-8-7-9-15-29;1-3-4-2/h6-10,13-16,20-21,24,31,35,37H,1,11-12,17-19,22,25-26H2,2-5H3;3-4H,1-2H3/b16-10-,28-13+;4-3-. The van der Waals surface area contributed by atoms with E-state index in [2.05, 4.69) is 104 Å². The van der Waals surface area contributed by atoms with Gasteiger partial charge in [0.1, 0.15) is 0 Å². The van der Waals surface area contributed by atoms with Gasteiger partial charge in [0, 0.05) is 29.9 Å². The molecule has 0 heterocycles. The van der Waals surface area contributed by atoms with Crippen LogP contribution in [0.1, 0.15) is 70.1 Å². The van der Waals surface area contributed by atoms with Gasteiger partial charge in [-0.1, -0.05) is 79.4 Å². The minimum Gasteiger partial charge on any atom is -0.390 e. The van der Waals surface area contributed by atoms with Crippen molar-refractivity contribution in [1.82, 2.24) is 9.62 Å². The molecular formula is C37H53N3OS. The van der Waals surface area contributed by atoms with Crippen LogP contribution in [0.5, 0.6) is 0 Å². The molecule has 0 spiro atoms. The number of likely N-dealkylation sites (N-methyl/N-ethyl adjacent to an activating group) is 1. The highest BCUT2D eigenvalue weighted by atomic mass is 32.2. The molecule has 0 aliphatic heterocycles. The molecule has 1 unspecified atom stereocenters. The van der Waals surface area contributed by atoms with Crippen LogP contribution in [-0.4, -0.2) is 41.2 Å². The number of nitrogens with one attached hydrogen (secondary N) is 1. The molecule has 2 aromatic carbocycles. The van der Waals surface area contributed by atoms with Crippen LogP contribution in [0.3, 0.4) is 0 Å². The van der Waals surface area contributed by atoms with Crippen molar-refractivity contribution in [2.75, 3.05) is 20.1 Å². The summed E-state index contributed by atoms with van der Waals surface area (Å²) in [7, 11) is 2.03. The Bertz CT molecular complexity index is 1160. The van der Waals surface area contributed by atoms with E-state index in [0.29, 0.717) is 19.5 Å². The molecule has 0 amide bonds. The summed E-state index contributed by atoms with van der Waals surface area (Å²) < 4.78 is 2.10. The van der Waals surface area contributed by atoms with Gasteiger partial charge < -0.3 is 10.4 Å². The number of nitriles is 1. The normalized spacial score (nSPS) is 12.8. The van der Waals surface area contributed by atoms with E-state index in [1.807, 2.05) is 39.1 Å². The zero-order chi connectivity index (χ0) is 31.2. The second-order valence-corrected chi connectivity index (χ2v) is 12.4. The van der Waals surface area contributed by atoms with Crippen molar-refractivity contribution in [3.63, 3.8) is 0 Å². The molecule has 0 radical (unpaired) electrons. The molecule has 0 saturated carbocycles. The van der Waals surface area contributed by atoms with Gasteiger partial charge >= 0.3 is 0 Å². The van der Waals surface area contributed by atoms with Crippen molar-refractivity contribution in [1.29, 1.82) is 5.26 Å². The second kappa shape index (κ2) is 21.8. The maximum absolute atomic E-state index is 10.6. The third-order valence-corrected chi connectivity index (χ3v) is 7.76. The summed E-state index contributed by atoms with van der Waals surface area (Å²) in [4.78, 5) is 1.17. The largest absolute Gasteiger partial charge is 0.390 e. The van der Waals surface area contributed by atoms with E-state index < -0.39 is 6.10 Å². The molecule has 0 aromatic heterocycles. The van der Waals surface area contributed by atoms with Gasteiger partial charge in [-0.05, 0) is 120 Å². The first-order chi connectivity index (χ1) is 20.1.